The van der Waals surface area contributed by atoms with Crippen LogP contribution in [0.1, 0.15) is 18.9 Å². The third-order valence-corrected chi connectivity index (χ3v) is 5.39. The molecule has 0 saturated carbocycles. The van der Waals surface area contributed by atoms with Gasteiger partial charge in [0.05, 0.1) is 0 Å². The third-order valence-electron chi connectivity index (χ3n) is 3.21. The normalized spacial score (nSPS) is 20.9. The van der Waals surface area contributed by atoms with Gasteiger partial charge < -0.3 is 0 Å². The molecule has 0 N–H and O–H groups in total. The van der Waals surface area contributed by atoms with Crippen LogP contribution in [0, 0.1) is 17.6 Å². The van der Waals surface area contributed by atoms with Crippen LogP contribution in [-0.4, -0.2) is 25.8 Å². The fourth-order valence-electron chi connectivity index (χ4n) is 2.13. The largest absolute Gasteiger partial charge is 0.246 e. The van der Waals surface area contributed by atoms with Crippen molar-refractivity contribution in [2.24, 2.45) is 5.92 Å². The number of halogens is 3. The maximum atomic E-state index is 13.7. The van der Waals surface area contributed by atoms with Crippen LogP contribution in [0.15, 0.2) is 17.0 Å². The van der Waals surface area contributed by atoms with Gasteiger partial charge in [0.25, 0.3) is 0 Å². The fourth-order valence-corrected chi connectivity index (χ4v) is 3.99. The molecule has 106 valence electrons. The van der Waals surface area contributed by atoms with Gasteiger partial charge in [0.15, 0.2) is 11.6 Å². The first kappa shape index (κ1) is 14.7. The molecule has 0 radical (unpaired) electrons. The first-order chi connectivity index (χ1) is 8.86. The Morgan fingerprint density at radius 1 is 1.42 bits per heavy atom. The number of hydrogen-bond donors (Lipinski definition) is 0. The van der Waals surface area contributed by atoms with Gasteiger partial charge in [0.1, 0.15) is 4.90 Å². The molecule has 0 amide bonds. The molecule has 1 aromatic rings. The molecule has 1 aromatic carbocycles. The minimum absolute atomic E-state index is 0.0733. The fraction of sp³-hybridized carbons (Fsp3) is 0.500. The van der Waals surface area contributed by atoms with E-state index in [-0.39, 0.29) is 17.4 Å². The molecular formula is C12H14ClF2NO2S. The van der Waals surface area contributed by atoms with E-state index in [0.717, 1.165) is 18.6 Å². The Hall–Kier alpha value is -0.720. The maximum Gasteiger partial charge on any atom is 0.246 e. The lowest BCUT2D eigenvalue weighted by atomic mass is 10.2. The third kappa shape index (κ3) is 2.75. The van der Waals surface area contributed by atoms with Gasteiger partial charge in [-0.3, -0.25) is 0 Å². The molecule has 0 aromatic heterocycles. The number of nitrogens with zero attached hydrogens (tertiary/aromatic N) is 1. The van der Waals surface area contributed by atoms with Gasteiger partial charge in [-0.15, -0.1) is 11.6 Å². The average Bonchev–Trinajstić information content (AvgIpc) is 2.79. The van der Waals surface area contributed by atoms with Gasteiger partial charge in [-0.1, -0.05) is 6.92 Å². The van der Waals surface area contributed by atoms with Gasteiger partial charge in [0, 0.05) is 19.0 Å². The summed E-state index contributed by atoms with van der Waals surface area (Å²) >= 11 is 5.56. The van der Waals surface area contributed by atoms with Crippen LogP contribution in [0.5, 0.6) is 0 Å². The molecule has 1 heterocycles. The second-order valence-electron chi connectivity index (χ2n) is 4.78. The SMILES string of the molecule is CC1CCN(S(=O)(=O)c2cc(CCl)cc(F)c2F)C1. The lowest BCUT2D eigenvalue weighted by Gasteiger charge is -2.17. The van der Waals surface area contributed by atoms with Gasteiger partial charge in [0.2, 0.25) is 10.0 Å². The first-order valence-electron chi connectivity index (χ1n) is 5.90. The molecule has 1 atom stereocenters. The summed E-state index contributed by atoms with van der Waals surface area (Å²) in [6, 6.07) is 2.01. The Balaban J connectivity index is 2.48. The van der Waals surface area contributed by atoms with E-state index >= 15 is 0 Å². The second kappa shape index (κ2) is 5.34. The van der Waals surface area contributed by atoms with Gasteiger partial charge in [-0.25, -0.2) is 17.2 Å². The van der Waals surface area contributed by atoms with E-state index in [9.17, 15) is 17.2 Å². The van der Waals surface area contributed by atoms with E-state index in [1.165, 1.54) is 4.31 Å². The highest BCUT2D eigenvalue weighted by atomic mass is 35.5. The quantitative estimate of drug-likeness (QED) is 0.805. The molecule has 7 heteroatoms. The molecule has 1 fully saturated rings. The summed E-state index contributed by atoms with van der Waals surface area (Å²) in [7, 11) is -4.00. The van der Waals surface area contributed by atoms with E-state index in [4.69, 9.17) is 11.6 Å². The van der Waals surface area contributed by atoms with E-state index in [2.05, 4.69) is 0 Å². The molecule has 0 bridgehead atoms. The molecule has 2 rings (SSSR count). The summed E-state index contributed by atoms with van der Waals surface area (Å²) in [5.74, 6) is -2.38. The topological polar surface area (TPSA) is 37.4 Å². The summed E-state index contributed by atoms with van der Waals surface area (Å²) in [6.07, 6.45) is 0.721. The predicted octanol–water partition coefficient (Wildman–Crippen LogP) is 2.73. The zero-order valence-corrected chi connectivity index (χ0v) is 11.9. The number of hydrogen-bond acceptors (Lipinski definition) is 2. The maximum absolute atomic E-state index is 13.7. The Kier molecular flexibility index (Phi) is 4.13. The molecule has 1 unspecified atom stereocenters. The number of benzene rings is 1. The van der Waals surface area contributed by atoms with Crippen molar-refractivity contribution in [3.63, 3.8) is 0 Å². The van der Waals surface area contributed by atoms with Crippen molar-refractivity contribution in [3.05, 3.63) is 29.3 Å². The summed E-state index contributed by atoms with van der Waals surface area (Å²) in [4.78, 5) is -0.628. The van der Waals surface area contributed by atoms with Gasteiger partial charge in [-0.2, -0.15) is 4.31 Å². The van der Waals surface area contributed by atoms with E-state index < -0.39 is 26.6 Å². The van der Waals surface area contributed by atoms with Gasteiger partial charge in [-0.05, 0) is 30.0 Å². The Labute approximate surface area is 116 Å². The summed E-state index contributed by atoms with van der Waals surface area (Å²) in [5, 5.41) is 0. The molecule has 1 saturated heterocycles. The van der Waals surface area contributed by atoms with Crippen molar-refractivity contribution < 1.29 is 17.2 Å². The highest BCUT2D eigenvalue weighted by Gasteiger charge is 2.33. The van der Waals surface area contributed by atoms with Crippen LogP contribution in [0.3, 0.4) is 0 Å². The lowest BCUT2D eigenvalue weighted by molar-refractivity contribution is 0.446. The predicted molar refractivity (Wildman–Crippen MR) is 68.5 cm³/mol. The minimum Gasteiger partial charge on any atom is -0.207 e. The smallest absolute Gasteiger partial charge is 0.207 e. The first-order valence-corrected chi connectivity index (χ1v) is 7.87. The second-order valence-corrected chi connectivity index (χ2v) is 6.95. The highest BCUT2D eigenvalue weighted by molar-refractivity contribution is 7.89. The zero-order chi connectivity index (χ0) is 14.2. The van der Waals surface area contributed by atoms with Crippen molar-refractivity contribution >= 4 is 21.6 Å². The monoisotopic (exact) mass is 309 g/mol. The van der Waals surface area contributed by atoms with Crippen LogP contribution in [0.25, 0.3) is 0 Å². The van der Waals surface area contributed by atoms with Crippen molar-refractivity contribution in [3.8, 4) is 0 Å². The van der Waals surface area contributed by atoms with E-state index in [1.54, 1.807) is 0 Å². The van der Waals surface area contributed by atoms with E-state index in [1.807, 2.05) is 6.92 Å². The molecular weight excluding hydrogens is 296 g/mol. The Morgan fingerprint density at radius 3 is 2.63 bits per heavy atom. The van der Waals surface area contributed by atoms with Crippen LogP contribution in [0.4, 0.5) is 8.78 Å². The van der Waals surface area contributed by atoms with Crippen LogP contribution in [-0.2, 0) is 15.9 Å². The number of rotatable bonds is 3. The highest BCUT2D eigenvalue weighted by Crippen LogP contribution is 2.28. The lowest BCUT2D eigenvalue weighted by Crippen LogP contribution is -2.29. The van der Waals surface area contributed by atoms with Crippen LogP contribution in [0.2, 0.25) is 0 Å². The molecule has 3 nitrogen and oxygen atoms in total. The summed E-state index contributed by atoms with van der Waals surface area (Å²) in [6.45, 7) is 2.58. The Morgan fingerprint density at radius 2 is 2.11 bits per heavy atom. The minimum atomic E-state index is -4.00. The number of sulfonamides is 1. The molecule has 0 spiro atoms. The average molecular weight is 310 g/mol. The van der Waals surface area contributed by atoms with Crippen molar-refractivity contribution in [2.45, 2.75) is 24.1 Å². The molecule has 19 heavy (non-hydrogen) atoms. The molecule has 0 aliphatic carbocycles. The van der Waals surface area contributed by atoms with Crippen LogP contribution < -0.4 is 0 Å². The molecule has 1 aliphatic rings. The number of alkyl halides is 1. The van der Waals surface area contributed by atoms with Crippen molar-refractivity contribution in [2.75, 3.05) is 13.1 Å². The summed E-state index contributed by atoms with van der Waals surface area (Å²) in [5.41, 5.74) is 0.242. The summed E-state index contributed by atoms with van der Waals surface area (Å²) < 4.78 is 52.9. The standard InChI is InChI=1S/C12H14ClF2NO2S/c1-8-2-3-16(7-8)19(17,18)11-5-9(6-13)4-10(14)12(11)15/h4-5,8H,2-3,6-7H2,1H3. The van der Waals surface area contributed by atoms with E-state index in [0.29, 0.717) is 13.1 Å². The van der Waals surface area contributed by atoms with Gasteiger partial charge >= 0.3 is 0 Å². The van der Waals surface area contributed by atoms with Crippen molar-refractivity contribution in [1.82, 2.24) is 4.31 Å². The Bertz CT molecular complexity index is 592. The van der Waals surface area contributed by atoms with Crippen molar-refractivity contribution in [1.29, 1.82) is 0 Å². The van der Waals surface area contributed by atoms with Crippen LogP contribution >= 0.6 is 11.6 Å². The molecule has 1 aliphatic heterocycles. The zero-order valence-electron chi connectivity index (χ0n) is 10.4.